The highest BCUT2D eigenvalue weighted by Gasteiger charge is 2.34. The van der Waals surface area contributed by atoms with E-state index in [2.05, 4.69) is 21.9 Å². The van der Waals surface area contributed by atoms with Crippen LogP contribution in [0.15, 0.2) is 65.9 Å². The summed E-state index contributed by atoms with van der Waals surface area (Å²) in [6.07, 6.45) is 7.56. The summed E-state index contributed by atoms with van der Waals surface area (Å²) in [7, 11) is 3.29. The second kappa shape index (κ2) is 10.2. The SMILES string of the molecule is COc1cc2c(cc1OC)[C@H]1CCCC[C@H]1N=C2c1ccc(C(=O)NNC(=O)c2ccncc2)cc1. The maximum absolute atomic E-state index is 12.6. The van der Waals surface area contributed by atoms with Crippen molar-refractivity contribution in [1.82, 2.24) is 15.8 Å². The molecule has 2 heterocycles. The summed E-state index contributed by atoms with van der Waals surface area (Å²) >= 11 is 0. The second-order valence-corrected chi connectivity index (χ2v) is 8.95. The van der Waals surface area contributed by atoms with Crippen LogP contribution in [-0.4, -0.2) is 42.8 Å². The summed E-state index contributed by atoms with van der Waals surface area (Å²) in [5.41, 5.74) is 9.81. The number of nitrogens with one attached hydrogen (secondary N) is 2. The topological polar surface area (TPSA) is 102 Å². The molecule has 1 aliphatic heterocycles. The van der Waals surface area contributed by atoms with E-state index in [0.29, 0.717) is 22.8 Å². The minimum absolute atomic E-state index is 0.228. The van der Waals surface area contributed by atoms with E-state index in [4.69, 9.17) is 14.5 Å². The number of aliphatic imine (C=N–C) groups is 1. The van der Waals surface area contributed by atoms with Crippen molar-refractivity contribution >= 4 is 17.5 Å². The number of amides is 2. The van der Waals surface area contributed by atoms with Crippen molar-refractivity contribution in [3.05, 3.63) is 88.7 Å². The first-order valence-corrected chi connectivity index (χ1v) is 12.0. The number of ether oxygens (including phenoxy) is 2. The van der Waals surface area contributed by atoms with Gasteiger partial charge in [0.05, 0.1) is 26.0 Å². The summed E-state index contributed by atoms with van der Waals surface area (Å²) in [6, 6.07) is 14.7. The third-order valence-corrected chi connectivity index (χ3v) is 6.89. The lowest BCUT2D eigenvalue weighted by Crippen LogP contribution is -2.41. The Morgan fingerprint density at radius 1 is 0.833 bits per heavy atom. The smallest absolute Gasteiger partial charge is 0.269 e. The first kappa shape index (κ1) is 23.5. The monoisotopic (exact) mass is 484 g/mol. The Labute approximate surface area is 209 Å². The van der Waals surface area contributed by atoms with Crippen molar-refractivity contribution in [2.24, 2.45) is 4.99 Å². The van der Waals surface area contributed by atoms with Crippen LogP contribution in [-0.2, 0) is 0 Å². The average Bonchev–Trinajstić information content (AvgIpc) is 2.95. The van der Waals surface area contributed by atoms with E-state index in [1.54, 1.807) is 38.5 Å². The van der Waals surface area contributed by atoms with Crippen molar-refractivity contribution in [2.75, 3.05) is 14.2 Å². The van der Waals surface area contributed by atoms with E-state index in [0.717, 1.165) is 35.4 Å². The van der Waals surface area contributed by atoms with E-state index < -0.39 is 11.8 Å². The van der Waals surface area contributed by atoms with Gasteiger partial charge in [-0.25, -0.2) is 0 Å². The quantitative estimate of drug-likeness (QED) is 0.532. The molecule has 2 N–H and O–H groups in total. The van der Waals surface area contributed by atoms with Crippen LogP contribution in [0.25, 0.3) is 0 Å². The van der Waals surface area contributed by atoms with Crippen molar-refractivity contribution < 1.29 is 19.1 Å². The fourth-order valence-electron chi connectivity index (χ4n) is 5.04. The Bertz CT molecular complexity index is 1310. The molecular weight excluding hydrogens is 456 g/mol. The van der Waals surface area contributed by atoms with Crippen LogP contribution in [0.1, 0.15) is 69.0 Å². The standard InChI is InChI=1S/C28H28N4O4/c1-35-24-15-21-20-5-3-4-6-23(20)30-26(22(21)16-25(24)36-2)17-7-9-18(10-8-17)27(33)31-32-28(34)19-11-13-29-14-12-19/h7-16,20,23H,3-6H2,1-2H3,(H,31,33)(H,32,34)/t20-,23-/m1/s1. The highest BCUT2D eigenvalue weighted by Crippen LogP contribution is 2.44. The van der Waals surface area contributed by atoms with Gasteiger partial charge in [0, 0.05) is 40.6 Å². The van der Waals surface area contributed by atoms with Gasteiger partial charge in [-0.05, 0) is 54.8 Å². The first-order chi connectivity index (χ1) is 17.6. The van der Waals surface area contributed by atoms with Gasteiger partial charge in [-0.1, -0.05) is 25.0 Å². The maximum Gasteiger partial charge on any atom is 0.269 e. The molecule has 1 fully saturated rings. The molecule has 3 aromatic rings. The Morgan fingerprint density at radius 2 is 1.44 bits per heavy atom. The van der Waals surface area contributed by atoms with Crippen LogP contribution < -0.4 is 20.3 Å². The molecule has 2 aromatic carbocycles. The first-order valence-electron chi connectivity index (χ1n) is 12.0. The Kier molecular flexibility index (Phi) is 6.66. The summed E-state index contributed by atoms with van der Waals surface area (Å²) in [4.78, 5) is 33.8. The van der Waals surface area contributed by atoms with Gasteiger partial charge in [0.25, 0.3) is 11.8 Å². The van der Waals surface area contributed by atoms with Gasteiger partial charge in [-0.15, -0.1) is 0 Å². The lowest BCUT2D eigenvalue weighted by atomic mass is 9.75. The number of hydrogen-bond acceptors (Lipinski definition) is 6. The largest absolute Gasteiger partial charge is 0.493 e. The number of nitrogens with zero attached hydrogens (tertiary/aromatic N) is 2. The summed E-state index contributed by atoms with van der Waals surface area (Å²) in [5.74, 6) is 0.934. The van der Waals surface area contributed by atoms with Crippen molar-refractivity contribution in [3.63, 3.8) is 0 Å². The van der Waals surface area contributed by atoms with Gasteiger partial charge >= 0.3 is 0 Å². The van der Waals surface area contributed by atoms with Gasteiger partial charge in [0.15, 0.2) is 11.5 Å². The predicted octanol–water partition coefficient (Wildman–Crippen LogP) is 4.05. The van der Waals surface area contributed by atoms with Gasteiger partial charge < -0.3 is 9.47 Å². The number of carbonyl (C=O) groups is 2. The van der Waals surface area contributed by atoms with Gasteiger partial charge in [0.2, 0.25) is 0 Å². The average molecular weight is 485 g/mol. The molecule has 0 unspecified atom stereocenters. The molecule has 0 radical (unpaired) electrons. The number of pyridine rings is 1. The van der Waals surface area contributed by atoms with Crippen molar-refractivity contribution in [1.29, 1.82) is 0 Å². The number of methoxy groups -OCH3 is 2. The molecule has 0 bridgehead atoms. The molecular formula is C28H28N4O4. The van der Waals surface area contributed by atoms with Crippen LogP contribution in [0.4, 0.5) is 0 Å². The fourth-order valence-corrected chi connectivity index (χ4v) is 5.04. The Morgan fingerprint density at radius 3 is 2.11 bits per heavy atom. The third-order valence-electron chi connectivity index (χ3n) is 6.89. The Hall–Kier alpha value is -4.20. The van der Waals surface area contributed by atoms with Gasteiger partial charge in [-0.3, -0.25) is 30.4 Å². The van der Waals surface area contributed by atoms with Crippen molar-refractivity contribution in [3.8, 4) is 11.5 Å². The molecule has 1 aromatic heterocycles. The van der Waals surface area contributed by atoms with Crippen molar-refractivity contribution in [2.45, 2.75) is 37.6 Å². The fraction of sp³-hybridized carbons (Fsp3) is 0.286. The molecule has 1 aliphatic carbocycles. The van der Waals surface area contributed by atoms with E-state index in [9.17, 15) is 9.59 Å². The number of aromatic nitrogens is 1. The van der Waals surface area contributed by atoms with Crippen LogP contribution in [0.5, 0.6) is 11.5 Å². The number of carbonyl (C=O) groups excluding carboxylic acids is 2. The minimum Gasteiger partial charge on any atom is -0.493 e. The van der Waals surface area contributed by atoms with Crippen LogP contribution in [0.3, 0.4) is 0 Å². The third kappa shape index (κ3) is 4.54. The van der Waals surface area contributed by atoms with E-state index in [-0.39, 0.29) is 6.04 Å². The van der Waals surface area contributed by atoms with Gasteiger partial charge in [-0.2, -0.15) is 0 Å². The lowest BCUT2D eigenvalue weighted by molar-refractivity contribution is 0.0846. The number of fused-ring (bicyclic) bond motifs is 3. The molecule has 0 saturated heterocycles. The number of benzene rings is 2. The molecule has 2 atom stereocenters. The molecule has 36 heavy (non-hydrogen) atoms. The predicted molar refractivity (Wildman–Crippen MR) is 136 cm³/mol. The molecule has 8 nitrogen and oxygen atoms in total. The molecule has 2 aliphatic rings. The molecule has 2 amide bonds. The maximum atomic E-state index is 12.6. The zero-order chi connectivity index (χ0) is 25.1. The van der Waals surface area contributed by atoms with Crippen LogP contribution in [0, 0.1) is 0 Å². The van der Waals surface area contributed by atoms with E-state index in [1.165, 1.54) is 30.8 Å². The number of hydrazine groups is 1. The normalized spacial score (nSPS) is 18.2. The highest BCUT2D eigenvalue weighted by atomic mass is 16.5. The summed E-state index contributed by atoms with van der Waals surface area (Å²) in [6.45, 7) is 0. The molecule has 1 saturated carbocycles. The summed E-state index contributed by atoms with van der Waals surface area (Å²) in [5, 5.41) is 0. The minimum atomic E-state index is -0.415. The lowest BCUT2D eigenvalue weighted by Gasteiger charge is -2.35. The van der Waals surface area contributed by atoms with E-state index >= 15 is 0 Å². The van der Waals surface area contributed by atoms with Crippen LogP contribution >= 0.6 is 0 Å². The number of rotatable bonds is 5. The zero-order valence-electron chi connectivity index (χ0n) is 20.3. The van der Waals surface area contributed by atoms with E-state index in [1.807, 2.05) is 18.2 Å². The van der Waals surface area contributed by atoms with Gasteiger partial charge in [0.1, 0.15) is 0 Å². The second-order valence-electron chi connectivity index (χ2n) is 8.95. The molecule has 5 rings (SSSR count). The molecule has 8 heteroatoms. The zero-order valence-corrected chi connectivity index (χ0v) is 20.3. The summed E-state index contributed by atoms with van der Waals surface area (Å²) < 4.78 is 11.2. The molecule has 184 valence electrons. The Balaban J connectivity index is 1.39. The number of hydrogen-bond donors (Lipinski definition) is 2. The highest BCUT2D eigenvalue weighted by molar-refractivity contribution is 6.15. The van der Waals surface area contributed by atoms with Crippen LogP contribution in [0.2, 0.25) is 0 Å². The molecule has 0 spiro atoms.